The van der Waals surface area contributed by atoms with Gasteiger partial charge in [0.15, 0.2) is 0 Å². The smallest absolute Gasteiger partial charge is 0.234 e. The van der Waals surface area contributed by atoms with Gasteiger partial charge < -0.3 is 11.1 Å². The van der Waals surface area contributed by atoms with Gasteiger partial charge in [0.2, 0.25) is 5.91 Å². The summed E-state index contributed by atoms with van der Waals surface area (Å²) in [5, 5.41) is 3.16. The van der Waals surface area contributed by atoms with Gasteiger partial charge in [0.05, 0.1) is 6.54 Å². The highest BCUT2D eigenvalue weighted by Gasteiger charge is 2.38. The minimum Gasteiger partial charge on any atom is -0.351 e. The number of hydrogen-bond donors (Lipinski definition) is 2. The van der Waals surface area contributed by atoms with Gasteiger partial charge in [0.25, 0.3) is 0 Å². The lowest BCUT2D eigenvalue weighted by molar-refractivity contribution is -0.121. The molecule has 1 aromatic rings. The largest absolute Gasteiger partial charge is 0.351 e. The number of carbonyl (C=O) groups excluding carboxylic acids is 1. The molecule has 1 aromatic carbocycles. The van der Waals surface area contributed by atoms with E-state index in [9.17, 15) is 4.79 Å². The third kappa shape index (κ3) is 3.87. The molecule has 0 saturated heterocycles. The monoisotopic (exact) mass is 301 g/mol. The molecule has 3 rings (SSSR count). The molecule has 2 aliphatic rings. The lowest BCUT2D eigenvalue weighted by Crippen LogP contribution is -2.54. The second kappa shape index (κ2) is 7.25. The lowest BCUT2D eigenvalue weighted by atomic mass is 9.88. The summed E-state index contributed by atoms with van der Waals surface area (Å²) >= 11 is 0. The van der Waals surface area contributed by atoms with Crippen molar-refractivity contribution in [3.05, 3.63) is 35.9 Å². The maximum Gasteiger partial charge on any atom is 0.234 e. The predicted octanol–water partition coefficient (Wildman–Crippen LogP) is 2.04. The van der Waals surface area contributed by atoms with E-state index in [1.54, 1.807) is 0 Å². The first kappa shape index (κ1) is 15.5. The van der Waals surface area contributed by atoms with Crippen molar-refractivity contribution in [2.24, 2.45) is 5.73 Å². The number of nitrogens with two attached hydrogens (primary N) is 1. The van der Waals surface area contributed by atoms with E-state index < -0.39 is 0 Å². The van der Waals surface area contributed by atoms with Crippen LogP contribution in [0.4, 0.5) is 0 Å². The molecule has 0 aromatic heterocycles. The Morgan fingerprint density at radius 3 is 2.55 bits per heavy atom. The average molecular weight is 301 g/mol. The van der Waals surface area contributed by atoms with Crippen LogP contribution in [0.1, 0.15) is 44.1 Å². The van der Waals surface area contributed by atoms with Crippen molar-refractivity contribution in [2.75, 3.05) is 6.54 Å². The topological polar surface area (TPSA) is 58.4 Å². The van der Waals surface area contributed by atoms with Gasteiger partial charge in [-0.1, -0.05) is 43.2 Å². The third-order valence-corrected chi connectivity index (χ3v) is 4.91. The Hall–Kier alpha value is -1.39. The number of amides is 1. The summed E-state index contributed by atoms with van der Waals surface area (Å²) in [5.74, 6) is -0.0210. The SMILES string of the molecule is NCC(=O)N[C@H]1CCCC[C@@H]1N(Cc1ccccc1)C1CC1. The minimum absolute atomic E-state index is 0.0210. The highest BCUT2D eigenvalue weighted by atomic mass is 16.1. The van der Waals surface area contributed by atoms with Crippen molar-refractivity contribution in [1.82, 2.24) is 10.2 Å². The van der Waals surface area contributed by atoms with E-state index >= 15 is 0 Å². The molecule has 0 heterocycles. The second-order valence-corrected chi connectivity index (χ2v) is 6.62. The van der Waals surface area contributed by atoms with E-state index in [2.05, 4.69) is 40.5 Å². The summed E-state index contributed by atoms with van der Waals surface area (Å²) in [7, 11) is 0. The van der Waals surface area contributed by atoms with Crippen LogP contribution in [0.3, 0.4) is 0 Å². The van der Waals surface area contributed by atoms with Crippen LogP contribution in [0.5, 0.6) is 0 Å². The second-order valence-electron chi connectivity index (χ2n) is 6.62. The molecule has 0 spiro atoms. The molecule has 0 aliphatic heterocycles. The van der Waals surface area contributed by atoms with E-state index in [-0.39, 0.29) is 18.5 Å². The van der Waals surface area contributed by atoms with Gasteiger partial charge in [0.1, 0.15) is 0 Å². The molecule has 1 amide bonds. The van der Waals surface area contributed by atoms with Gasteiger partial charge in [-0.25, -0.2) is 0 Å². The van der Waals surface area contributed by atoms with E-state index in [0.717, 1.165) is 13.0 Å². The Morgan fingerprint density at radius 2 is 1.86 bits per heavy atom. The molecule has 0 unspecified atom stereocenters. The number of rotatable bonds is 6. The van der Waals surface area contributed by atoms with Crippen molar-refractivity contribution in [2.45, 2.75) is 63.2 Å². The van der Waals surface area contributed by atoms with Crippen molar-refractivity contribution in [3.63, 3.8) is 0 Å². The molecule has 0 bridgehead atoms. The number of hydrogen-bond acceptors (Lipinski definition) is 3. The van der Waals surface area contributed by atoms with Crippen LogP contribution in [0, 0.1) is 0 Å². The summed E-state index contributed by atoms with van der Waals surface area (Å²) in [6, 6.07) is 12.1. The molecule has 120 valence electrons. The fourth-order valence-electron chi connectivity index (χ4n) is 3.66. The highest BCUT2D eigenvalue weighted by Crippen LogP contribution is 2.35. The zero-order valence-electron chi connectivity index (χ0n) is 13.2. The summed E-state index contributed by atoms with van der Waals surface area (Å²) < 4.78 is 0. The van der Waals surface area contributed by atoms with Gasteiger partial charge in [-0.3, -0.25) is 9.69 Å². The summed E-state index contributed by atoms with van der Waals surface area (Å²) in [4.78, 5) is 14.4. The summed E-state index contributed by atoms with van der Waals surface area (Å²) in [5.41, 5.74) is 6.85. The van der Waals surface area contributed by atoms with Gasteiger partial charge >= 0.3 is 0 Å². The zero-order valence-corrected chi connectivity index (χ0v) is 13.2. The molecule has 22 heavy (non-hydrogen) atoms. The lowest BCUT2D eigenvalue weighted by Gasteiger charge is -2.40. The van der Waals surface area contributed by atoms with Gasteiger partial charge in [-0.05, 0) is 31.2 Å². The highest BCUT2D eigenvalue weighted by molar-refractivity contribution is 5.78. The molecule has 2 fully saturated rings. The van der Waals surface area contributed by atoms with Crippen molar-refractivity contribution in [3.8, 4) is 0 Å². The molecule has 4 heteroatoms. The Bertz CT molecular complexity index is 486. The number of nitrogens with zero attached hydrogens (tertiary/aromatic N) is 1. The van der Waals surface area contributed by atoms with E-state index in [0.29, 0.717) is 12.1 Å². The summed E-state index contributed by atoms with van der Waals surface area (Å²) in [6.45, 7) is 1.08. The van der Waals surface area contributed by atoms with Crippen LogP contribution in [0.15, 0.2) is 30.3 Å². The molecule has 2 aliphatic carbocycles. The number of carbonyl (C=O) groups is 1. The third-order valence-electron chi connectivity index (χ3n) is 4.91. The van der Waals surface area contributed by atoms with Crippen LogP contribution < -0.4 is 11.1 Å². The van der Waals surface area contributed by atoms with Crippen LogP contribution in [0.2, 0.25) is 0 Å². The zero-order chi connectivity index (χ0) is 15.4. The van der Waals surface area contributed by atoms with E-state index in [1.165, 1.54) is 37.7 Å². The maximum atomic E-state index is 11.7. The Kier molecular flexibility index (Phi) is 5.11. The van der Waals surface area contributed by atoms with Crippen molar-refractivity contribution >= 4 is 5.91 Å². The molecule has 2 atom stereocenters. The molecule has 0 radical (unpaired) electrons. The van der Waals surface area contributed by atoms with Crippen LogP contribution in [-0.2, 0) is 11.3 Å². The Labute approximate surface area is 133 Å². The molecule has 2 saturated carbocycles. The van der Waals surface area contributed by atoms with Crippen molar-refractivity contribution < 1.29 is 4.79 Å². The average Bonchev–Trinajstić information content (AvgIpc) is 3.39. The van der Waals surface area contributed by atoms with Crippen LogP contribution in [-0.4, -0.2) is 35.5 Å². The quantitative estimate of drug-likeness (QED) is 0.845. The molecular weight excluding hydrogens is 274 g/mol. The Morgan fingerprint density at radius 1 is 1.14 bits per heavy atom. The number of benzene rings is 1. The first-order valence-electron chi connectivity index (χ1n) is 8.57. The van der Waals surface area contributed by atoms with Gasteiger partial charge in [-0.2, -0.15) is 0 Å². The maximum absolute atomic E-state index is 11.7. The summed E-state index contributed by atoms with van der Waals surface area (Å²) in [6.07, 6.45) is 7.31. The molecule has 4 nitrogen and oxygen atoms in total. The first-order chi connectivity index (χ1) is 10.8. The predicted molar refractivity (Wildman–Crippen MR) is 88.2 cm³/mol. The minimum atomic E-state index is -0.0210. The van der Waals surface area contributed by atoms with Crippen LogP contribution >= 0.6 is 0 Å². The normalized spacial score (nSPS) is 25.2. The fraction of sp³-hybridized carbons (Fsp3) is 0.611. The number of nitrogens with one attached hydrogen (secondary N) is 1. The Balaban J connectivity index is 1.72. The van der Waals surface area contributed by atoms with Gasteiger partial charge in [-0.15, -0.1) is 0 Å². The first-order valence-corrected chi connectivity index (χ1v) is 8.57. The van der Waals surface area contributed by atoms with E-state index in [4.69, 9.17) is 5.73 Å². The van der Waals surface area contributed by atoms with Crippen LogP contribution in [0.25, 0.3) is 0 Å². The van der Waals surface area contributed by atoms with Gasteiger partial charge in [0, 0.05) is 24.7 Å². The van der Waals surface area contributed by atoms with Crippen molar-refractivity contribution in [1.29, 1.82) is 0 Å². The standard InChI is InChI=1S/C18H27N3O/c19-12-18(22)20-16-8-4-5-9-17(16)21(15-10-11-15)13-14-6-2-1-3-7-14/h1-3,6-7,15-17H,4-5,8-13,19H2,(H,20,22)/t16-,17-/m0/s1. The van der Waals surface area contributed by atoms with E-state index in [1.807, 2.05) is 0 Å². The molecule has 3 N–H and O–H groups in total. The molecular formula is C18H27N3O. The fourth-order valence-corrected chi connectivity index (χ4v) is 3.66.